The van der Waals surface area contributed by atoms with Gasteiger partial charge in [0.1, 0.15) is 0 Å². The summed E-state index contributed by atoms with van der Waals surface area (Å²) in [5.41, 5.74) is 0. The van der Waals surface area contributed by atoms with Crippen molar-refractivity contribution in [2.75, 3.05) is 11.0 Å². The van der Waals surface area contributed by atoms with Crippen molar-refractivity contribution in [3.05, 3.63) is 0 Å². The van der Waals surface area contributed by atoms with Crippen LogP contribution in [0.4, 0.5) is 8.78 Å². The molecule has 0 rings (SSSR count). The van der Waals surface area contributed by atoms with E-state index in [1.54, 1.807) is 4.72 Å². The van der Waals surface area contributed by atoms with Gasteiger partial charge in [0.25, 0.3) is 10.0 Å². The second-order valence-electron chi connectivity index (χ2n) is 1.39. The van der Waals surface area contributed by atoms with E-state index in [0.717, 1.165) is 0 Å². The summed E-state index contributed by atoms with van der Waals surface area (Å²) in [5.74, 6) is -3.32. The maximum atomic E-state index is 11.5. The van der Waals surface area contributed by atoms with Crippen molar-refractivity contribution >= 4 is 32.6 Å². The van der Waals surface area contributed by atoms with Crippen molar-refractivity contribution in [3.8, 4) is 0 Å². The van der Waals surface area contributed by atoms with Crippen LogP contribution in [0.5, 0.6) is 0 Å². The molecule has 0 aliphatic heterocycles. The van der Waals surface area contributed by atoms with Crippen molar-refractivity contribution in [1.29, 1.82) is 0 Å². The molecule has 0 atom stereocenters. The maximum absolute atomic E-state index is 11.5. The lowest BCUT2D eigenvalue weighted by Crippen LogP contribution is -2.30. The Morgan fingerprint density at radius 1 is 1.50 bits per heavy atom. The van der Waals surface area contributed by atoms with Gasteiger partial charge < -0.3 is 0 Å². The van der Waals surface area contributed by atoms with Crippen LogP contribution in [-0.2, 0) is 10.0 Å². The topological polar surface area (TPSA) is 46.2 Å². The number of rotatable bonds is 4. The van der Waals surface area contributed by atoms with Crippen LogP contribution in [0.15, 0.2) is 0 Å². The quantitative estimate of drug-likeness (QED) is 0.606. The molecule has 0 aliphatic rings. The van der Waals surface area contributed by atoms with Gasteiger partial charge in [0.2, 0.25) is 0 Å². The SMILES string of the molecule is O=S(=O)(NCCI)C(F)F. The average Bonchev–Trinajstić information content (AvgIpc) is 1.84. The molecule has 0 aliphatic carbocycles. The van der Waals surface area contributed by atoms with Gasteiger partial charge in [0, 0.05) is 11.0 Å². The summed E-state index contributed by atoms with van der Waals surface area (Å²) in [6.07, 6.45) is 0. The van der Waals surface area contributed by atoms with E-state index in [1.807, 2.05) is 22.6 Å². The molecular weight excluding hydrogens is 279 g/mol. The summed E-state index contributed by atoms with van der Waals surface area (Å²) in [6.45, 7) is 0.0488. The van der Waals surface area contributed by atoms with E-state index < -0.39 is 15.8 Å². The molecule has 0 saturated carbocycles. The zero-order chi connectivity index (χ0) is 8.20. The van der Waals surface area contributed by atoms with Crippen LogP contribution < -0.4 is 4.72 Å². The van der Waals surface area contributed by atoms with Gasteiger partial charge in [-0.25, -0.2) is 13.1 Å². The van der Waals surface area contributed by atoms with E-state index in [2.05, 4.69) is 0 Å². The van der Waals surface area contributed by atoms with Crippen LogP contribution in [0, 0.1) is 0 Å². The Hall–Kier alpha value is 0.500. The van der Waals surface area contributed by atoms with Gasteiger partial charge in [-0.05, 0) is 0 Å². The minimum atomic E-state index is -4.35. The Bertz CT molecular complexity index is 181. The molecule has 0 aromatic heterocycles. The molecule has 0 heterocycles. The van der Waals surface area contributed by atoms with Crippen molar-refractivity contribution in [3.63, 3.8) is 0 Å². The molecule has 0 aromatic rings. The molecule has 0 aromatic carbocycles. The molecule has 0 bridgehead atoms. The van der Waals surface area contributed by atoms with Crippen LogP contribution in [0.1, 0.15) is 0 Å². The first kappa shape index (κ1) is 10.5. The van der Waals surface area contributed by atoms with Crippen molar-refractivity contribution in [1.82, 2.24) is 4.72 Å². The number of alkyl halides is 3. The highest BCUT2D eigenvalue weighted by molar-refractivity contribution is 14.1. The normalized spacial score (nSPS) is 12.4. The van der Waals surface area contributed by atoms with Gasteiger partial charge in [0.15, 0.2) is 0 Å². The van der Waals surface area contributed by atoms with Gasteiger partial charge in [-0.2, -0.15) is 8.78 Å². The van der Waals surface area contributed by atoms with Gasteiger partial charge in [0.05, 0.1) is 0 Å². The first-order valence-electron chi connectivity index (χ1n) is 2.33. The molecule has 1 N–H and O–H groups in total. The molecule has 0 saturated heterocycles. The summed E-state index contributed by atoms with van der Waals surface area (Å²) in [7, 11) is -4.35. The van der Waals surface area contributed by atoms with Crippen molar-refractivity contribution in [2.45, 2.75) is 5.76 Å². The highest BCUT2D eigenvalue weighted by Crippen LogP contribution is 2.00. The minimum absolute atomic E-state index is 0.0488. The molecule has 0 unspecified atom stereocenters. The Morgan fingerprint density at radius 3 is 2.30 bits per heavy atom. The molecule has 0 amide bonds. The fraction of sp³-hybridized carbons (Fsp3) is 1.00. The number of nitrogens with one attached hydrogen (secondary N) is 1. The van der Waals surface area contributed by atoms with Crippen LogP contribution >= 0.6 is 22.6 Å². The van der Waals surface area contributed by atoms with Crippen molar-refractivity contribution < 1.29 is 17.2 Å². The second-order valence-corrected chi connectivity index (χ2v) is 4.20. The zero-order valence-electron chi connectivity index (χ0n) is 4.85. The van der Waals surface area contributed by atoms with Gasteiger partial charge in [-0.15, -0.1) is 0 Å². The van der Waals surface area contributed by atoms with E-state index in [4.69, 9.17) is 0 Å². The van der Waals surface area contributed by atoms with E-state index >= 15 is 0 Å². The Labute approximate surface area is 71.4 Å². The smallest absolute Gasteiger partial charge is 0.210 e. The number of sulfonamides is 1. The van der Waals surface area contributed by atoms with Crippen molar-refractivity contribution in [2.24, 2.45) is 0 Å². The third-order valence-corrected chi connectivity index (χ3v) is 2.25. The second kappa shape index (κ2) is 4.39. The summed E-state index contributed by atoms with van der Waals surface area (Å²) in [4.78, 5) is 0. The van der Waals surface area contributed by atoms with Crippen LogP contribution in [-0.4, -0.2) is 25.1 Å². The van der Waals surface area contributed by atoms with Crippen LogP contribution in [0.25, 0.3) is 0 Å². The Balaban J connectivity index is 3.90. The maximum Gasteiger partial charge on any atom is 0.350 e. The number of hydrogen-bond donors (Lipinski definition) is 1. The van der Waals surface area contributed by atoms with Gasteiger partial charge in [-0.1, -0.05) is 22.6 Å². The Morgan fingerprint density at radius 2 is 2.00 bits per heavy atom. The molecule has 0 radical (unpaired) electrons. The highest BCUT2D eigenvalue weighted by Gasteiger charge is 2.22. The summed E-state index contributed by atoms with van der Waals surface area (Å²) in [5, 5.41) is 0. The predicted molar refractivity (Wildman–Crippen MR) is 41.8 cm³/mol. The zero-order valence-corrected chi connectivity index (χ0v) is 7.82. The van der Waals surface area contributed by atoms with Gasteiger partial charge >= 0.3 is 5.76 Å². The standard InChI is InChI=1S/C3H6F2INO2S/c4-3(5)10(8,9)7-2-1-6/h3,7H,1-2H2. The fourth-order valence-corrected chi connectivity index (χ4v) is 1.39. The molecule has 0 spiro atoms. The third-order valence-electron chi connectivity index (χ3n) is 0.632. The molecule has 0 fully saturated rings. The van der Waals surface area contributed by atoms with E-state index in [0.29, 0.717) is 4.43 Å². The molecule has 10 heavy (non-hydrogen) atoms. The molecule has 62 valence electrons. The van der Waals surface area contributed by atoms with Gasteiger partial charge in [-0.3, -0.25) is 0 Å². The predicted octanol–water partition coefficient (Wildman–Crippen LogP) is 0.563. The van der Waals surface area contributed by atoms with E-state index in [-0.39, 0.29) is 6.54 Å². The first-order chi connectivity index (χ1) is 4.50. The lowest BCUT2D eigenvalue weighted by Gasteiger charge is -2.01. The molecule has 3 nitrogen and oxygen atoms in total. The minimum Gasteiger partial charge on any atom is -0.210 e. The average molecular weight is 285 g/mol. The lowest BCUT2D eigenvalue weighted by atomic mass is 10.8. The summed E-state index contributed by atoms with van der Waals surface area (Å²) >= 11 is 1.88. The monoisotopic (exact) mass is 285 g/mol. The summed E-state index contributed by atoms with van der Waals surface area (Å²) < 4.78 is 45.6. The number of halogens is 3. The Kier molecular flexibility index (Phi) is 4.61. The third kappa shape index (κ3) is 3.62. The lowest BCUT2D eigenvalue weighted by molar-refractivity contribution is 0.232. The van der Waals surface area contributed by atoms with Crippen LogP contribution in [0.3, 0.4) is 0 Å². The highest BCUT2D eigenvalue weighted by atomic mass is 127. The van der Waals surface area contributed by atoms with Crippen LogP contribution in [0.2, 0.25) is 0 Å². The fourth-order valence-electron chi connectivity index (χ4n) is 0.244. The molecule has 7 heteroatoms. The number of hydrogen-bond acceptors (Lipinski definition) is 2. The summed E-state index contributed by atoms with van der Waals surface area (Å²) in [6, 6.07) is 0. The van der Waals surface area contributed by atoms with E-state index in [9.17, 15) is 17.2 Å². The molecular formula is C3H6F2INO2S. The van der Waals surface area contributed by atoms with E-state index in [1.165, 1.54) is 0 Å². The largest absolute Gasteiger partial charge is 0.350 e. The first-order valence-corrected chi connectivity index (χ1v) is 5.40.